The van der Waals surface area contributed by atoms with Crippen LogP contribution < -0.4 is 10.6 Å². The second-order valence-corrected chi connectivity index (χ2v) is 6.86. The molecular formula is C20H25IN4OS. The molecule has 2 N–H and O–H groups in total. The Morgan fingerprint density at radius 3 is 2.74 bits per heavy atom. The smallest absolute Gasteiger partial charge is 0.191 e. The highest BCUT2D eigenvalue weighted by molar-refractivity contribution is 14.0. The van der Waals surface area contributed by atoms with Gasteiger partial charge < -0.3 is 15.2 Å². The Morgan fingerprint density at radius 1 is 1.22 bits per heavy atom. The number of aliphatic imine (C=N–C) groups is 1. The van der Waals surface area contributed by atoms with Crippen molar-refractivity contribution in [2.45, 2.75) is 26.3 Å². The molecule has 0 aliphatic carbocycles. The predicted molar refractivity (Wildman–Crippen MR) is 123 cm³/mol. The van der Waals surface area contributed by atoms with Crippen molar-refractivity contribution in [2.75, 3.05) is 13.1 Å². The number of nitrogens with zero attached hydrogens (tertiary/aromatic N) is 2. The number of thiophene rings is 1. The molecule has 7 heteroatoms. The molecule has 144 valence electrons. The number of rotatable bonds is 7. The Morgan fingerprint density at radius 2 is 2.04 bits per heavy atom. The monoisotopic (exact) mass is 496 g/mol. The van der Waals surface area contributed by atoms with E-state index in [1.807, 2.05) is 36.4 Å². The minimum atomic E-state index is 0. The SMILES string of the molecule is CCNC(=NCc1cc(-c2ccccc2)on1)NCC(C)c1ccsc1.I. The molecule has 0 aliphatic heterocycles. The number of benzene rings is 1. The average molecular weight is 496 g/mol. The zero-order chi connectivity index (χ0) is 18.2. The minimum absolute atomic E-state index is 0. The van der Waals surface area contributed by atoms with Gasteiger partial charge in [0.25, 0.3) is 0 Å². The summed E-state index contributed by atoms with van der Waals surface area (Å²) in [5.41, 5.74) is 3.18. The zero-order valence-corrected chi connectivity index (χ0v) is 18.7. The Hall–Kier alpha value is -1.87. The molecule has 27 heavy (non-hydrogen) atoms. The molecule has 1 unspecified atom stereocenters. The van der Waals surface area contributed by atoms with Crippen LogP contribution in [0.5, 0.6) is 0 Å². The maximum atomic E-state index is 5.43. The van der Waals surface area contributed by atoms with E-state index >= 15 is 0 Å². The van der Waals surface area contributed by atoms with Crippen molar-refractivity contribution >= 4 is 41.3 Å². The maximum Gasteiger partial charge on any atom is 0.191 e. The average Bonchev–Trinajstić information content (AvgIpc) is 3.36. The second kappa shape index (κ2) is 11.1. The van der Waals surface area contributed by atoms with Crippen molar-refractivity contribution in [3.05, 3.63) is 64.5 Å². The van der Waals surface area contributed by atoms with Gasteiger partial charge in [0, 0.05) is 24.7 Å². The van der Waals surface area contributed by atoms with Crippen molar-refractivity contribution in [3.63, 3.8) is 0 Å². The normalized spacial score (nSPS) is 12.3. The largest absolute Gasteiger partial charge is 0.357 e. The van der Waals surface area contributed by atoms with Crippen molar-refractivity contribution in [2.24, 2.45) is 4.99 Å². The number of halogens is 1. The number of nitrogens with one attached hydrogen (secondary N) is 2. The molecule has 5 nitrogen and oxygen atoms in total. The van der Waals surface area contributed by atoms with Gasteiger partial charge in [-0.25, -0.2) is 4.99 Å². The summed E-state index contributed by atoms with van der Waals surface area (Å²) in [4.78, 5) is 4.62. The summed E-state index contributed by atoms with van der Waals surface area (Å²) in [7, 11) is 0. The lowest BCUT2D eigenvalue weighted by atomic mass is 10.1. The van der Waals surface area contributed by atoms with Crippen LogP contribution in [0, 0.1) is 0 Å². The maximum absolute atomic E-state index is 5.43. The van der Waals surface area contributed by atoms with E-state index in [2.05, 4.69) is 51.5 Å². The van der Waals surface area contributed by atoms with Crippen LogP contribution >= 0.6 is 35.3 Å². The van der Waals surface area contributed by atoms with Crippen LogP contribution in [0.2, 0.25) is 0 Å². The summed E-state index contributed by atoms with van der Waals surface area (Å²) < 4.78 is 5.43. The summed E-state index contributed by atoms with van der Waals surface area (Å²) in [6.45, 7) is 6.38. The van der Waals surface area contributed by atoms with E-state index in [0.717, 1.165) is 36.1 Å². The molecule has 0 saturated heterocycles. The first kappa shape index (κ1) is 21.4. The molecule has 0 radical (unpaired) electrons. The molecule has 0 amide bonds. The molecule has 0 fully saturated rings. The van der Waals surface area contributed by atoms with Gasteiger partial charge in [0.2, 0.25) is 0 Å². The Balaban J connectivity index is 0.00000261. The molecule has 3 rings (SSSR count). The van der Waals surface area contributed by atoms with Crippen molar-refractivity contribution in [1.29, 1.82) is 0 Å². The van der Waals surface area contributed by atoms with Crippen LogP contribution in [0.15, 0.2) is 62.7 Å². The molecule has 0 spiro atoms. The fourth-order valence-corrected chi connectivity index (χ4v) is 3.33. The summed E-state index contributed by atoms with van der Waals surface area (Å²) >= 11 is 1.73. The quantitative estimate of drug-likeness (QED) is 0.278. The molecule has 2 aromatic heterocycles. The van der Waals surface area contributed by atoms with Crippen LogP contribution in [0.1, 0.15) is 31.0 Å². The second-order valence-electron chi connectivity index (χ2n) is 6.08. The third-order valence-corrected chi connectivity index (χ3v) is 4.75. The molecular weight excluding hydrogens is 471 g/mol. The van der Waals surface area contributed by atoms with E-state index in [1.54, 1.807) is 11.3 Å². The van der Waals surface area contributed by atoms with Gasteiger partial charge in [-0.15, -0.1) is 24.0 Å². The third kappa shape index (κ3) is 6.35. The summed E-state index contributed by atoms with van der Waals surface area (Å²) in [5.74, 6) is 1.99. The van der Waals surface area contributed by atoms with Gasteiger partial charge in [-0.3, -0.25) is 0 Å². The number of aromatic nitrogens is 1. The standard InChI is InChI=1S/C20H24N4OS.HI/c1-3-21-20(22-12-15(2)17-9-10-26-14-17)23-13-18-11-19(25-24-18)16-7-5-4-6-8-16;/h4-11,14-15H,3,12-13H2,1-2H3,(H2,21,22,23);1H. The van der Waals surface area contributed by atoms with Gasteiger partial charge in [-0.05, 0) is 35.2 Å². The van der Waals surface area contributed by atoms with Crippen LogP contribution in [-0.4, -0.2) is 24.2 Å². The van der Waals surface area contributed by atoms with E-state index in [1.165, 1.54) is 5.56 Å². The molecule has 1 atom stereocenters. The van der Waals surface area contributed by atoms with E-state index < -0.39 is 0 Å². The summed E-state index contributed by atoms with van der Waals surface area (Å²) in [6.07, 6.45) is 0. The van der Waals surface area contributed by atoms with Gasteiger partial charge >= 0.3 is 0 Å². The minimum Gasteiger partial charge on any atom is -0.357 e. The van der Waals surface area contributed by atoms with Crippen molar-refractivity contribution < 1.29 is 4.52 Å². The van der Waals surface area contributed by atoms with Crippen LogP contribution in [0.4, 0.5) is 0 Å². The number of guanidine groups is 1. The van der Waals surface area contributed by atoms with Crippen LogP contribution in [0.3, 0.4) is 0 Å². The first-order valence-corrected chi connectivity index (χ1v) is 9.76. The molecule has 1 aromatic carbocycles. The fraction of sp³-hybridized carbons (Fsp3) is 0.300. The lowest BCUT2D eigenvalue weighted by Crippen LogP contribution is -2.39. The lowest BCUT2D eigenvalue weighted by molar-refractivity contribution is 0.424. The van der Waals surface area contributed by atoms with Crippen LogP contribution in [0.25, 0.3) is 11.3 Å². The third-order valence-electron chi connectivity index (χ3n) is 4.05. The number of hydrogen-bond donors (Lipinski definition) is 2. The van der Waals surface area contributed by atoms with E-state index in [9.17, 15) is 0 Å². The lowest BCUT2D eigenvalue weighted by Gasteiger charge is -2.15. The topological polar surface area (TPSA) is 62.5 Å². The first-order valence-electron chi connectivity index (χ1n) is 8.81. The van der Waals surface area contributed by atoms with Crippen LogP contribution in [-0.2, 0) is 6.54 Å². The highest BCUT2D eigenvalue weighted by Crippen LogP contribution is 2.20. The molecule has 0 saturated carbocycles. The first-order chi connectivity index (χ1) is 12.8. The molecule has 0 aliphatic rings. The Labute approximate surface area is 181 Å². The van der Waals surface area contributed by atoms with E-state index in [0.29, 0.717) is 12.5 Å². The van der Waals surface area contributed by atoms with Gasteiger partial charge in [0.15, 0.2) is 11.7 Å². The van der Waals surface area contributed by atoms with Gasteiger partial charge in [-0.2, -0.15) is 11.3 Å². The molecule has 0 bridgehead atoms. The fourth-order valence-electron chi connectivity index (χ4n) is 2.55. The Kier molecular flexibility index (Phi) is 8.80. The molecule has 3 aromatic rings. The van der Waals surface area contributed by atoms with E-state index in [4.69, 9.17) is 4.52 Å². The highest BCUT2D eigenvalue weighted by Gasteiger charge is 2.08. The number of hydrogen-bond acceptors (Lipinski definition) is 4. The Bertz CT molecular complexity index is 818. The van der Waals surface area contributed by atoms with Gasteiger partial charge in [0.05, 0.1) is 6.54 Å². The van der Waals surface area contributed by atoms with E-state index in [-0.39, 0.29) is 24.0 Å². The van der Waals surface area contributed by atoms with Crippen molar-refractivity contribution in [3.8, 4) is 11.3 Å². The van der Waals surface area contributed by atoms with Gasteiger partial charge in [-0.1, -0.05) is 42.4 Å². The zero-order valence-electron chi connectivity index (χ0n) is 15.5. The van der Waals surface area contributed by atoms with Gasteiger partial charge in [0.1, 0.15) is 5.69 Å². The summed E-state index contributed by atoms with van der Waals surface area (Å²) in [6, 6.07) is 14.1. The summed E-state index contributed by atoms with van der Waals surface area (Å²) in [5, 5.41) is 15.1. The van der Waals surface area contributed by atoms with Crippen molar-refractivity contribution in [1.82, 2.24) is 15.8 Å². The predicted octanol–water partition coefficient (Wildman–Crippen LogP) is 4.88. The molecule has 2 heterocycles. The highest BCUT2D eigenvalue weighted by atomic mass is 127.